The molecule has 0 atom stereocenters. The summed E-state index contributed by atoms with van der Waals surface area (Å²) in [7, 11) is 0. The summed E-state index contributed by atoms with van der Waals surface area (Å²) in [5.74, 6) is 0.236. The second-order valence-corrected chi connectivity index (χ2v) is 7.76. The molecule has 0 saturated heterocycles. The lowest BCUT2D eigenvalue weighted by molar-refractivity contribution is -0.131. The molecule has 2 N–H and O–H groups in total. The summed E-state index contributed by atoms with van der Waals surface area (Å²) in [5.41, 5.74) is 4.11. The Bertz CT molecular complexity index is 1410. The molecule has 2 aromatic carbocycles. The lowest BCUT2D eigenvalue weighted by atomic mass is 10.1. The summed E-state index contributed by atoms with van der Waals surface area (Å²) in [6, 6.07) is 14.9. The maximum Gasteiger partial charge on any atom is 0.328 e. The average Bonchev–Trinajstić information content (AvgIpc) is 3.44. The van der Waals surface area contributed by atoms with Gasteiger partial charge in [-0.1, -0.05) is 12.1 Å². The highest BCUT2D eigenvalue weighted by molar-refractivity contribution is 5.93. The minimum absolute atomic E-state index is 0.0464. The summed E-state index contributed by atoms with van der Waals surface area (Å²) in [6.07, 6.45) is 1.76. The van der Waals surface area contributed by atoms with Crippen LogP contribution in [0.4, 0.5) is 0 Å². The summed E-state index contributed by atoms with van der Waals surface area (Å²) in [5, 5.41) is 23.5. The Kier molecular flexibility index (Phi) is 5.96. The van der Waals surface area contributed by atoms with Gasteiger partial charge in [0.2, 0.25) is 5.82 Å². The topological polar surface area (TPSA) is 125 Å². The first-order valence-corrected chi connectivity index (χ1v) is 10.5. The number of aliphatic carboxylic acids is 1. The molecule has 0 radical (unpaired) electrons. The van der Waals surface area contributed by atoms with Crippen LogP contribution in [0.25, 0.3) is 39.3 Å². The molecular weight excluding hydrogens is 420 g/mol. The van der Waals surface area contributed by atoms with E-state index < -0.39 is 5.97 Å². The maximum atomic E-state index is 11.1. The van der Waals surface area contributed by atoms with Gasteiger partial charge in [0.05, 0.1) is 11.7 Å². The van der Waals surface area contributed by atoms with E-state index in [0.29, 0.717) is 40.6 Å². The minimum atomic E-state index is -0.978. The SMILES string of the molecule is CC/C(=C\C(=O)O)c1cc2cc(-c3noc(-c4ccc(OC(C)C)c(C#N)c4)n3)ccc2[nH]1. The third kappa shape index (κ3) is 4.62. The van der Waals surface area contributed by atoms with Gasteiger partial charge < -0.3 is 19.4 Å². The fourth-order valence-electron chi connectivity index (χ4n) is 3.53. The molecule has 4 rings (SSSR count). The van der Waals surface area contributed by atoms with Crippen molar-refractivity contribution in [3.8, 4) is 34.7 Å². The smallest absolute Gasteiger partial charge is 0.328 e. The second-order valence-electron chi connectivity index (χ2n) is 7.76. The molecule has 0 fully saturated rings. The van der Waals surface area contributed by atoms with E-state index in [2.05, 4.69) is 21.2 Å². The number of carboxylic acids is 1. The number of benzene rings is 2. The van der Waals surface area contributed by atoms with Crippen LogP contribution in [0.1, 0.15) is 38.4 Å². The molecule has 8 nitrogen and oxygen atoms in total. The molecule has 0 spiro atoms. The van der Waals surface area contributed by atoms with E-state index in [1.807, 2.05) is 45.0 Å². The van der Waals surface area contributed by atoms with Crippen LogP contribution in [0.2, 0.25) is 0 Å². The molecule has 2 aromatic heterocycles. The van der Waals surface area contributed by atoms with Crippen LogP contribution in [-0.4, -0.2) is 32.3 Å². The van der Waals surface area contributed by atoms with E-state index in [9.17, 15) is 10.1 Å². The average molecular weight is 442 g/mol. The highest BCUT2D eigenvalue weighted by Crippen LogP contribution is 2.30. The molecule has 4 aromatic rings. The fraction of sp³-hybridized carbons (Fsp3) is 0.200. The summed E-state index contributed by atoms with van der Waals surface area (Å²) in [4.78, 5) is 18.8. The molecule has 2 heterocycles. The van der Waals surface area contributed by atoms with Crippen molar-refractivity contribution >= 4 is 22.4 Å². The number of hydrogen-bond donors (Lipinski definition) is 2. The van der Waals surface area contributed by atoms with Gasteiger partial charge in [0.25, 0.3) is 5.89 Å². The van der Waals surface area contributed by atoms with Crippen LogP contribution >= 0.6 is 0 Å². The molecule has 166 valence electrons. The number of carbonyl (C=O) groups is 1. The predicted molar refractivity (Wildman–Crippen MR) is 123 cm³/mol. The molecule has 0 amide bonds. The molecule has 0 aliphatic rings. The monoisotopic (exact) mass is 442 g/mol. The zero-order chi connectivity index (χ0) is 23.5. The van der Waals surface area contributed by atoms with Gasteiger partial charge in [0.15, 0.2) is 0 Å². The number of aromatic nitrogens is 3. The van der Waals surface area contributed by atoms with Crippen LogP contribution in [-0.2, 0) is 4.79 Å². The van der Waals surface area contributed by atoms with E-state index in [1.54, 1.807) is 18.2 Å². The predicted octanol–water partition coefficient (Wildman–Crippen LogP) is 5.42. The normalized spacial score (nSPS) is 11.7. The largest absolute Gasteiger partial charge is 0.490 e. The number of carboxylic acid groups (broad SMARTS) is 1. The molecule has 0 saturated carbocycles. The van der Waals surface area contributed by atoms with Crippen LogP contribution in [0, 0.1) is 11.3 Å². The number of fused-ring (bicyclic) bond motifs is 1. The lowest BCUT2D eigenvalue weighted by Gasteiger charge is -2.11. The number of allylic oxidation sites excluding steroid dienone is 1. The van der Waals surface area contributed by atoms with Gasteiger partial charge in [-0.15, -0.1) is 0 Å². The molecule has 0 aliphatic heterocycles. The van der Waals surface area contributed by atoms with Crippen molar-refractivity contribution in [1.29, 1.82) is 5.26 Å². The Hall–Kier alpha value is -4.38. The van der Waals surface area contributed by atoms with Gasteiger partial charge in [-0.25, -0.2) is 4.79 Å². The van der Waals surface area contributed by atoms with Gasteiger partial charge in [-0.2, -0.15) is 10.2 Å². The first kappa shape index (κ1) is 21.8. The van der Waals surface area contributed by atoms with Crippen LogP contribution in [0.15, 0.2) is 53.1 Å². The zero-order valence-electron chi connectivity index (χ0n) is 18.4. The van der Waals surface area contributed by atoms with Crippen molar-refractivity contribution in [3.05, 3.63) is 59.8 Å². The van der Waals surface area contributed by atoms with Crippen LogP contribution in [0.5, 0.6) is 5.75 Å². The van der Waals surface area contributed by atoms with Gasteiger partial charge in [-0.05, 0) is 68.3 Å². The van der Waals surface area contributed by atoms with Gasteiger partial charge >= 0.3 is 5.97 Å². The highest BCUT2D eigenvalue weighted by Gasteiger charge is 2.15. The second kappa shape index (κ2) is 9.01. The summed E-state index contributed by atoms with van der Waals surface area (Å²) in [6.45, 7) is 5.70. The van der Waals surface area contributed by atoms with E-state index in [-0.39, 0.29) is 6.10 Å². The third-order valence-corrected chi connectivity index (χ3v) is 5.04. The highest BCUT2D eigenvalue weighted by atomic mass is 16.5. The van der Waals surface area contributed by atoms with Crippen molar-refractivity contribution in [1.82, 2.24) is 15.1 Å². The Morgan fingerprint density at radius 3 is 2.73 bits per heavy atom. The number of hydrogen-bond acceptors (Lipinski definition) is 6. The third-order valence-electron chi connectivity index (χ3n) is 5.04. The van der Waals surface area contributed by atoms with E-state index in [0.717, 1.165) is 22.2 Å². The van der Waals surface area contributed by atoms with Gasteiger partial charge in [0, 0.05) is 33.8 Å². The number of nitrogens with zero attached hydrogens (tertiary/aromatic N) is 3. The number of nitriles is 1. The van der Waals surface area contributed by atoms with E-state index in [4.69, 9.17) is 14.4 Å². The molecule has 33 heavy (non-hydrogen) atoms. The number of H-pyrrole nitrogens is 1. The quantitative estimate of drug-likeness (QED) is 0.366. The molecule has 0 aliphatic carbocycles. The van der Waals surface area contributed by atoms with Crippen molar-refractivity contribution < 1.29 is 19.2 Å². The van der Waals surface area contributed by atoms with Gasteiger partial charge in [0.1, 0.15) is 11.8 Å². The molecule has 8 heteroatoms. The standard InChI is InChI=1S/C25H22N4O4/c1-4-15(12-23(30)31)21-11-18-9-16(5-7-20(18)27-21)24-28-25(33-29-24)17-6-8-22(32-14(2)3)19(10-17)13-26/h5-12,14,27H,4H2,1-3H3,(H,30,31)/b15-12+. The van der Waals surface area contributed by atoms with Crippen molar-refractivity contribution in [2.45, 2.75) is 33.3 Å². The summed E-state index contributed by atoms with van der Waals surface area (Å²) < 4.78 is 11.1. The van der Waals surface area contributed by atoms with Crippen LogP contribution in [0.3, 0.4) is 0 Å². The molecular formula is C25H22N4O4. The maximum absolute atomic E-state index is 11.1. The Morgan fingerprint density at radius 2 is 2.03 bits per heavy atom. The minimum Gasteiger partial charge on any atom is -0.490 e. The van der Waals surface area contributed by atoms with E-state index >= 15 is 0 Å². The number of nitrogens with one attached hydrogen (secondary N) is 1. The molecule has 0 bridgehead atoms. The van der Waals surface area contributed by atoms with Gasteiger partial charge in [-0.3, -0.25) is 0 Å². The fourth-order valence-corrected chi connectivity index (χ4v) is 3.53. The van der Waals surface area contributed by atoms with Crippen molar-refractivity contribution in [2.75, 3.05) is 0 Å². The number of rotatable bonds is 7. The number of aromatic amines is 1. The Labute approximate surface area is 190 Å². The van der Waals surface area contributed by atoms with Crippen molar-refractivity contribution in [3.63, 3.8) is 0 Å². The first-order chi connectivity index (χ1) is 15.9. The first-order valence-electron chi connectivity index (χ1n) is 10.5. The lowest BCUT2D eigenvalue weighted by Crippen LogP contribution is -2.06. The zero-order valence-corrected chi connectivity index (χ0v) is 18.4. The summed E-state index contributed by atoms with van der Waals surface area (Å²) >= 11 is 0. The number of ether oxygens (including phenoxy) is 1. The van der Waals surface area contributed by atoms with Crippen LogP contribution < -0.4 is 4.74 Å². The van der Waals surface area contributed by atoms with E-state index in [1.165, 1.54) is 6.08 Å². The van der Waals surface area contributed by atoms with Crippen molar-refractivity contribution in [2.24, 2.45) is 0 Å². The Morgan fingerprint density at radius 1 is 1.24 bits per heavy atom. The Balaban J connectivity index is 1.65. The molecule has 0 unspecified atom stereocenters.